The van der Waals surface area contributed by atoms with E-state index in [-0.39, 0.29) is 13.1 Å². The van der Waals surface area contributed by atoms with E-state index in [2.05, 4.69) is 0 Å². The third-order valence-electron chi connectivity index (χ3n) is 2.88. The third kappa shape index (κ3) is 19.3. The van der Waals surface area contributed by atoms with Gasteiger partial charge in [0, 0.05) is 13.1 Å². The summed E-state index contributed by atoms with van der Waals surface area (Å²) in [6.07, 6.45) is -0.532. The smallest absolute Gasteiger partial charge is 0.321 e. The monoisotopic (exact) mass is 425 g/mol. The molecule has 166 valence electrons. The Morgan fingerprint density at radius 3 is 1.00 bits per heavy atom. The fourth-order valence-corrected chi connectivity index (χ4v) is 1.75. The number of aliphatic carboxylic acids is 6. The van der Waals surface area contributed by atoms with Crippen LogP contribution in [0.4, 0.5) is 0 Å². The number of rotatable bonds is 14. The van der Waals surface area contributed by atoms with Crippen LogP contribution in [0.1, 0.15) is 6.42 Å². The highest BCUT2D eigenvalue weighted by atomic mass is 16.4. The summed E-state index contributed by atoms with van der Waals surface area (Å²) in [5, 5.41) is 50.5. The highest BCUT2D eigenvalue weighted by Crippen LogP contribution is 1.94. The first-order chi connectivity index (χ1) is 13.2. The van der Waals surface area contributed by atoms with Crippen molar-refractivity contribution in [2.75, 3.05) is 39.3 Å². The molecule has 0 heterocycles. The zero-order valence-electron chi connectivity index (χ0n) is 15.1. The first-order valence-corrected chi connectivity index (χ1v) is 7.76. The molecule has 0 bridgehead atoms. The summed E-state index contributed by atoms with van der Waals surface area (Å²) in [6, 6.07) is -1.29. The topological polar surface area (TPSA) is 256 Å². The van der Waals surface area contributed by atoms with Crippen molar-refractivity contribution in [2.45, 2.75) is 12.5 Å². The van der Waals surface area contributed by atoms with Gasteiger partial charge in [0.2, 0.25) is 0 Å². The van der Waals surface area contributed by atoms with Gasteiger partial charge in [0.05, 0.1) is 32.6 Å². The van der Waals surface area contributed by atoms with E-state index in [0.29, 0.717) is 0 Å². The minimum atomic E-state index is -1.29. The minimum absolute atomic E-state index is 0.0703. The van der Waals surface area contributed by atoms with Crippen molar-refractivity contribution in [3.05, 3.63) is 0 Å². The van der Waals surface area contributed by atoms with Crippen molar-refractivity contribution in [3.63, 3.8) is 0 Å². The Bertz CT molecular complexity index is 541. The summed E-state index contributed by atoms with van der Waals surface area (Å²) in [4.78, 5) is 64.0. The van der Waals surface area contributed by atoms with Crippen LogP contribution in [0.3, 0.4) is 0 Å². The molecule has 0 aromatic rings. The molecule has 0 aliphatic rings. The van der Waals surface area contributed by atoms with Gasteiger partial charge in [-0.3, -0.25) is 38.6 Å². The third-order valence-corrected chi connectivity index (χ3v) is 2.88. The highest BCUT2D eigenvalue weighted by Gasteiger charge is 2.18. The zero-order chi connectivity index (χ0) is 23.1. The molecular weight excluding hydrogens is 402 g/mol. The standard InChI is InChI=1S/C10H16N2O8.C4H7NO4/c13-7(14)3-11(4-8(15)16)1-2-12(5-9(17)18)6-10(19)20;5-2(4(8)9)1-3(6)7/h1-6H2,(H,13,14)(H,15,16)(H,17,18)(H,19,20);2H,1,5H2,(H,6,7)(H,8,9)/t;2-/m.0/s1. The molecule has 0 radical (unpaired) electrons. The van der Waals surface area contributed by atoms with Crippen LogP contribution in [0.25, 0.3) is 0 Å². The van der Waals surface area contributed by atoms with Gasteiger partial charge in [-0.15, -0.1) is 0 Å². The molecule has 0 unspecified atom stereocenters. The number of carboxylic acid groups (broad SMARTS) is 6. The molecule has 8 N–H and O–H groups in total. The molecule has 0 spiro atoms. The Morgan fingerprint density at radius 1 is 0.586 bits per heavy atom. The van der Waals surface area contributed by atoms with Gasteiger partial charge in [0.15, 0.2) is 0 Å². The van der Waals surface area contributed by atoms with Crippen LogP contribution in [0.5, 0.6) is 0 Å². The molecule has 0 aromatic heterocycles. The average Bonchev–Trinajstić information content (AvgIpc) is 2.50. The van der Waals surface area contributed by atoms with Gasteiger partial charge in [-0.2, -0.15) is 0 Å². The summed E-state index contributed by atoms with van der Waals surface area (Å²) < 4.78 is 0. The van der Waals surface area contributed by atoms with Crippen molar-refractivity contribution in [3.8, 4) is 0 Å². The fraction of sp³-hybridized carbons (Fsp3) is 0.571. The van der Waals surface area contributed by atoms with E-state index in [1.165, 1.54) is 0 Å². The van der Waals surface area contributed by atoms with E-state index in [1.807, 2.05) is 0 Å². The summed E-state index contributed by atoms with van der Waals surface area (Å²) in [5.41, 5.74) is 4.84. The van der Waals surface area contributed by atoms with Gasteiger partial charge in [0.25, 0.3) is 0 Å². The maximum atomic E-state index is 10.6. The summed E-state index contributed by atoms with van der Waals surface area (Å²) in [6.45, 7) is -2.25. The van der Waals surface area contributed by atoms with Gasteiger partial charge in [-0.1, -0.05) is 0 Å². The molecule has 0 aliphatic heterocycles. The second-order valence-electron chi connectivity index (χ2n) is 5.54. The molecular formula is C14H23N3O12. The van der Waals surface area contributed by atoms with Crippen molar-refractivity contribution >= 4 is 35.8 Å². The number of carbonyl (C=O) groups is 6. The van der Waals surface area contributed by atoms with Crippen LogP contribution in [0.15, 0.2) is 0 Å². The number of carboxylic acids is 6. The Balaban J connectivity index is 0. The van der Waals surface area contributed by atoms with Crippen molar-refractivity contribution < 1.29 is 59.4 Å². The van der Waals surface area contributed by atoms with E-state index in [9.17, 15) is 28.8 Å². The molecule has 0 saturated heterocycles. The molecule has 15 nitrogen and oxygen atoms in total. The molecule has 0 rings (SSSR count). The van der Waals surface area contributed by atoms with E-state index in [4.69, 9.17) is 36.4 Å². The highest BCUT2D eigenvalue weighted by molar-refractivity contribution is 5.80. The van der Waals surface area contributed by atoms with Gasteiger partial charge in [-0.05, 0) is 0 Å². The van der Waals surface area contributed by atoms with Gasteiger partial charge in [0.1, 0.15) is 6.04 Å². The van der Waals surface area contributed by atoms with Crippen molar-refractivity contribution in [1.82, 2.24) is 9.80 Å². The lowest BCUT2D eigenvalue weighted by Crippen LogP contribution is -2.43. The average molecular weight is 425 g/mol. The molecule has 0 aromatic carbocycles. The minimum Gasteiger partial charge on any atom is -0.481 e. The number of hydrogen-bond acceptors (Lipinski definition) is 9. The number of hydrogen-bond donors (Lipinski definition) is 7. The molecule has 0 saturated carbocycles. The predicted octanol–water partition coefficient (Wildman–Crippen LogP) is -3.20. The SMILES string of the molecule is N[C@@H](CC(=O)O)C(=O)O.O=C(O)CN(CCN(CC(=O)O)CC(=O)O)CC(=O)O. The largest absolute Gasteiger partial charge is 0.481 e. The Hall–Kier alpha value is -3.30. The molecule has 0 amide bonds. The van der Waals surface area contributed by atoms with E-state index < -0.39 is 74.5 Å². The van der Waals surface area contributed by atoms with Crippen LogP contribution >= 0.6 is 0 Å². The lowest BCUT2D eigenvalue weighted by Gasteiger charge is -2.23. The first-order valence-electron chi connectivity index (χ1n) is 7.76. The van der Waals surface area contributed by atoms with Crippen molar-refractivity contribution in [2.24, 2.45) is 5.73 Å². The van der Waals surface area contributed by atoms with Crippen LogP contribution in [-0.4, -0.2) is 122 Å². The Labute approximate surface area is 163 Å². The van der Waals surface area contributed by atoms with E-state index >= 15 is 0 Å². The summed E-state index contributed by atoms with van der Waals surface area (Å²) >= 11 is 0. The number of nitrogens with zero attached hydrogens (tertiary/aromatic N) is 2. The predicted molar refractivity (Wildman–Crippen MR) is 91.3 cm³/mol. The van der Waals surface area contributed by atoms with Gasteiger partial charge >= 0.3 is 35.8 Å². The normalized spacial score (nSPS) is 11.3. The molecule has 0 aliphatic carbocycles. The zero-order valence-corrected chi connectivity index (χ0v) is 15.1. The summed E-state index contributed by atoms with van der Waals surface area (Å²) in [5.74, 6) is -7.41. The summed E-state index contributed by atoms with van der Waals surface area (Å²) in [7, 11) is 0. The van der Waals surface area contributed by atoms with Crippen LogP contribution in [0.2, 0.25) is 0 Å². The van der Waals surface area contributed by atoms with E-state index in [0.717, 1.165) is 9.80 Å². The maximum Gasteiger partial charge on any atom is 0.321 e. The van der Waals surface area contributed by atoms with Crippen LogP contribution in [-0.2, 0) is 28.8 Å². The van der Waals surface area contributed by atoms with Crippen LogP contribution < -0.4 is 5.73 Å². The second kappa shape index (κ2) is 14.7. The molecule has 1 atom stereocenters. The second-order valence-corrected chi connectivity index (χ2v) is 5.54. The van der Waals surface area contributed by atoms with Crippen molar-refractivity contribution in [1.29, 1.82) is 0 Å². The van der Waals surface area contributed by atoms with Crippen LogP contribution in [0, 0.1) is 0 Å². The lowest BCUT2D eigenvalue weighted by molar-refractivity contribution is -0.145. The number of nitrogens with two attached hydrogens (primary N) is 1. The quantitative estimate of drug-likeness (QED) is 0.144. The molecule has 29 heavy (non-hydrogen) atoms. The molecule has 15 heteroatoms. The van der Waals surface area contributed by atoms with Gasteiger partial charge in [-0.25, -0.2) is 0 Å². The Kier molecular flexibility index (Phi) is 14.2. The van der Waals surface area contributed by atoms with Gasteiger partial charge < -0.3 is 36.4 Å². The maximum absolute atomic E-state index is 10.6. The molecule has 0 fully saturated rings. The Morgan fingerprint density at radius 2 is 0.862 bits per heavy atom. The first kappa shape index (κ1) is 27.9. The fourth-order valence-electron chi connectivity index (χ4n) is 1.75. The lowest BCUT2D eigenvalue weighted by atomic mass is 10.2. The van der Waals surface area contributed by atoms with E-state index in [1.54, 1.807) is 0 Å².